The van der Waals surface area contributed by atoms with Crippen LogP contribution in [0.1, 0.15) is 41.6 Å². The molecule has 1 fully saturated rings. The van der Waals surface area contributed by atoms with Crippen LogP contribution in [0, 0.1) is 0 Å². The minimum absolute atomic E-state index is 0.0526. The summed E-state index contributed by atoms with van der Waals surface area (Å²) in [6.45, 7) is 0.585. The van der Waals surface area contributed by atoms with Gasteiger partial charge in [-0.25, -0.2) is 9.48 Å². The molecule has 2 aliphatic carbocycles. The van der Waals surface area contributed by atoms with Gasteiger partial charge < -0.3 is 15.8 Å². The molecule has 7 nitrogen and oxygen atoms in total. The fourth-order valence-electron chi connectivity index (χ4n) is 4.23. The quantitative estimate of drug-likeness (QED) is 0.699. The Labute approximate surface area is 168 Å². The van der Waals surface area contributed by atoms with Crippen molar-refractivity contribution in [2.75, 3.05) is 6.61 Å². The molecular weight excluding hydrogens is 366 g/mol. The van der Waals surface area contributed by atoms with Gasteiger partial charge in [0.2, 0.25) is 0 Å². The fraction of sp³-hybridized carbons (Fsp3) is 0.318. The van der Waals surface area contributed by atoms with E-state index in [4.69, 9.17) is 10.5 Å². The van der Waals surface area contributed by atoms with Crippen LogP contribution in [0.5, 0.6) is 0 Å². The highest BCUT2D eigenvalue weighted by Gasteiger charge is 2.29. The number of rotatable bonds is 5. The second-order valence-electron chi connectivity index (χ2n) is 7.75. The topological polar surface area (TPSA) is 95.1 Å². The van der Waals surface area contributed by atoms with Crippen molar-refractivity contribution in [3.63, 3.8) is 0 Å². The summed E-state index contributed by atoms with van der Waals surface area (Å²) in [5.41, 5.74) is 11.3. The van der Waals surface area contributed by atoms with Gasteiger partial charge in [-0.3, -0.25) is 0 Å². The van der Waals surface area contributed by atoms with Crippen molar-refractivity contribution < 1.29 is 9.53 Å². The molecule has 1 aromatic heterocycles. The summed E-state index contributed by atoms with van der Waals surface area (Å²) in [6.07, 6.45) is 3.25. The standard InChI is InChI=1S/C22H23N5O2/c23-14-9-16(10-14)27-12-15(25-26-27)11-24-22(28)29-13-21-19-7-3-1-5-17(19)18-6-2-4-8-20(18)21/h1-8,12,14,16,21H,9-11,13,23H2,(H,24,28). The average molecular weight is 389 g/mol. The lowest BCUT2D eigenvalue weighted by molar-refractivity contribution is 0.142. The Hall–Kier alpha value is -3.19. The highest BCUT2D eigenvalue weighted by atomic mass is 16.5. The molecule has 0 saturated heterocycles. The van der Waals surface area contributed by atoms with Gasteiger partial charge in [-0.2, -0.15) is 0 Å². The van der Waals surface area contributed by atoms with Gasteiger partial charge in [0.1, 0.15) is 12.3 Å². The first kappa shape index (κ1) is 17.9. The Bertz CT molecular complexity index is 995. The van der Waals surface area contributed by atoms with Crippen molar-refractivity contribution in [3.8, 4) is 11.1 Å². The monoisotopic (exact) mass is 389 g/mol. The molecule has 0 bridgehead atoms. The van der Waals surface area contributed by atoms with Crippen molar-refractivity contribution in [3.05, 3.63) is 71.5 Å². The van der Waals surface area contributed by atoms with Crippen LogP contribution < -0.4 is 11.1 Å². The van der Waals surface area contributed by atoms with Crippen LogP contribution in [0.3, 0.4) is 0 Å². The van der Waals surface area contributed by atoms with Crippen LogP contribution in [0.2, 0.25) is 0 Å². The number of carbonyl (C=O) groups is 1. The highest BCUT2D eigenvalue weighted by molar-refractivity contribution is 5.79. The molecule has 0 aliphatic heterocycles. The van der Waals surface area contributed by atoms with Gasteiger partial charge in [0, 0.05) is 12.0 Å². The fourth-order valence-corrected chi connectivity index (χ4v) is 4.23. The predicted molar refractivity (Wildman–Crippen MR) is 108 cm³/mol. The van der Waals surface area contributed by atoms with Gasteiger partial charge in [0.15, 0.2) is 0 Å². The van der Waals surface area contributed by atoms with E-state index in [1.54, 1.807) is 0 Å². The number of alkyl carbamates (subject to hydrolysis) is 1. The maximum atomic E-state index is 12.2. The van der Waals surface area contributed by atoms with Crippen LogP contribution in [0.15, 0.2) is 54.7 Å². The Morgan fingerprint density at radius 1 is 1.10 bits per heavy atom. The third-order valence-electron chi connectivity index (χ3n) is 5.84. The third-order valence-corrected chi connectivity index (χ3v) is 5.84. The number of aromatic nitrogens is 3. The van der Waals surface area contributed by atoms with Crippen molar-refractivity contribution in [1.82, 2.24) is 20.3 Å². The number of nitrogens with two attached hydrogens (primary N) is 1. The summed E-state index contributed by atoms with van der Waals surface area (Å²) in [5, 5.41) is 11.0. The number of benzene rings is 2. The second-order valence-corrected chi connectivity index (χ2v) is 7.75. The molecular formula is C22H23N5O2. The maximum absolute atomic E-state index is 12.2. The lowest BCUT2D eigenvalue weighted by atomic mass is 9.88. The largest absolute Gasteiger partial charge is 0.449 e. The lowest BCUT2D eigenvalue weighted by Gasteiger charge is -2.31. The minimum Gasteiger partial charge on any atom is -0.449 e. The number of fused-ring (bicyclic) bond motifs is 3. The van der Waals surface area contributed by atoms with Crippen LogP contribution in [-0.2, 0) is 11.3 Å². The normalized spacial score (nSPS) is 19.9. The number of hydrogen-bond acceptors (Lipinski definition) is 5. The molecule has 3 aromatic rings. The molecule has 7 heteroatoms. The molecule has 148 valence electrons. The SMILES string of the molecule is NC1CC(n2cc(CNC(=O)OCC3c4ccccc4-c4ccccc43)nn2)C1. The molecule has 1 saturated carbocycles. The molecule has 0 unspecified atom stereocenters. The molecule has 29 heavy (non-hydrogen) atoms. The number of hydrogen-bond donors (Lipinski definition) is 2. The van der Waals surface area contributed by atoms with Crippen molar-refractivity contribution in [2.24, 2.45) is 5.73 Å². The van der Waals surface area contributed by atoms with Crippen molar-refractivity contribution >= 4 is 6.09 Å². The molecule has 0 spiro atoms. The zero-order chi connectivity index (χ0) is 19.8. The van der Waals surface area contributed by atoms with Gasteiger partial charge in [0.25, 0.3) is 0 Å². The van der Waals surface area contributed by atoms with E-state index < -0.39 is 6.09 Å². The van der Waals surface area contributed by atoms with Crippen LogP contribution in [0.4, 0.5) is 4.79 Å². The van der Waals surface area contributed by atoms with Crippen LogP contribution in [-0.4, -0.2) is 33.7 Å². The molecule has 2 aliphatic rings. The maximum Gasteiger partial charge on any atom is 0.407 e. The number of amides is 1. The third kappa shape index (κ3) is 3.38. The van der Waals surface area contributed by atoms with E-state index in [0.29, 0.717) is 18.3 Å². The van der Waals surface area contributed by atoms with E-state index in [-0.39, 0.29) is 18.5 Å². The van der Waals surface area contributed by atoms with Gasteiger partial charge in [-0.05, 0) is 35.1 Å². The molecule has 1 heterocycles. The van der Waals surface area contributed by atoms with E-state index >= 15 is 0 Å². The van der Waals surface area contributed by atoms with Gasteiger partial charge >= 0.3 is 6.09 Å². The number of nitrogens with zero attached hydrogens (tertiary/aromatic N) is 3. The average Bonchev–Trinajstić information content (AvgIpc) is 3.31. The first-order chi connectivity index (χ1) is 14.2. The minimum atomic E-state index is -0.452. The van der Waals surface area contributed by atoms with Crippen LogP contribution >= 0.6 is 0 Å². The van der Waals surface area contributed by atoms with Crippen molar-refractivity contribution in [2.45, 2.75) is 37.4 Å². The Balaban J connectivity index is 1.18. The molecule has 0 atom stereocenters. The Morgan fingerprint density at radius 3 is 2.41 bits per heavy atom. The zero-order valence-corrected chi connectivity index (χ0v) is 16.0. The number of carbonyl (C=O) groups excluding carboxylic acids is 1. The number of ether oxygens (including phenoxy) is 1. The van der Waals surface area contributed by atoms with Crippen LogP contribution in [0.25, 0.3) is 11.1 Å². The Kier molecular flexibility index (Phi) is 4.52. The van der Waals surface area contributed by atoms with E-state index in [0.717, 1.165) is 12.8 Å². The molecule has 2 aromatic carbocycles. The van der Waals surface area contributed by atoms with Gasteiger partial charge in [0.05, 0.1) is 18.8 Å². The van der Waals surface area contributed by atoms with E-state index in [1.807, 2.05) is 35.1 Å². The van der Waals surface area contributed by atoms with Gasteiger partial charge in [-0.15, -0.1) is 5.10 Å². The van der Waals surface area contributed by atoms with E-state index in [1.165, 1.54) is 22.3 Å². The molecule has 1 amide bonds. The van der Waals surface area contributed by atoms with Gasteiger partial charge in [-0.1, -0.05) is 53.7 Å². The summed E-state index contributed by atoms with van der Waals surface area (Å²) >= 11 is 0. The smallest absolute Gasteiger partial charge is 0.407 e. The first-order valence-corrected chi connectivity index (χ1v) is 9.94. The summed E-state index contributed by atoms with van der Waals surface area (Å²) in [5.74, 6) is 0.0526. The first-order valence-electron chi connectivity index (χ1n) is 9.94. The Morgan fingerprint density at radius 2 is 1.76 bits per heavy atom. The molecule has 0 radical (unpaired) electrons. The molecule has 5 rings (SSSR count). The summed E-state index contributed by atoms with van der Waals surface area (Å²) < 4.78 is 7.37. The predicted octanol–water partition coefficient (Wildman–Crippen LogP) is 2.98. The second kappa shape index (κ2) is 7.33. The molecule has 3 N–H and O–H groups in total. The summed E-state index contributed by atoms with van der Waals surface area (Å²) in [7, 11) is 0. The number of nitrogens with one attached hydrogen (secondary N) is 1. The highest BCUT2D eigenvalue weighted by Crippen LogP contribution is 2.44. The summed E-state index contributed by atoms with van der Waals surface area (Å²) in [4.78, 5) is 12.2. The van der Waals surface area contributed by atoms with E-state index in [9.17, 15) is 4.79 Å². The zero-order valence-electron chi connectivity index (χ0n) is 16.0. The van der Waals surface area contributed by atoms with Crippen molar-refractivity contribution in [1.29, 1.82) is 0 Å². The summed E-state index contributed by atoms with van der Waals surface area (Å²) in [6, 6.07) is 17.1. The van der Waals surface area contributed by atoms with E-state index in [2.05, 4.69) is 39.9 Å². The lowest BCUT2D eigenvalue weighted by Crippen LogP contribution is -2.37.